The molecule has 0 fully saturated rings. The minimum Gasteiger partial charge on any atom is -0.355 e. The number of rotatable bonds is 9. The van der Waals surface area contributed by atoms with Gasteiger partial charge in [-0.15, -0.1) is 0 Å². The van der Waals surface area contributed by atoms with Crippen LogP contribution in [0.25, 0.3) is 0 Å². The maximum atomic E-state index is 12.9. The van der Waals surface area contributed by atoms with Crippen LogP contribution in [0.1, 0.15) is 37.0 Å². The lowest BCUT2D eigenvalue weighted by atomic mass is 10.1. The van der Waals surface area contributed by atoms with Crippen molar-refractivity contribution < 1.29 is 9.59 Å². The standard InChI is InChI=1S/C23H30N2O2/c1-4-24-23(27)19(3)25(17-16-20-8-6-5-7-9-20)22(26)15-14-21-12-10-18(2)11-13-21/h5-13,19H,4,14-17H2,1-3H3,(H,24,27). The molecule has 0 saturated heterocycles. The number of amides is 2. The van der Waals surface area contributed by atoms with Crippen LogP contribution in [-0.4, -0.2) is 35.8 Å². The van der Waals surface area contributed by atoms with E-state index in [4.69, 9.17) is 0 Å². The Morgan fingerprint density at radius 1 is 0.963 bits per heavy atom. The number of hydrogen-bond donors (Lipinski definition) is 1. The van der Waals surface area contributed by atoms with Gasteiger partial charge in [-0.25, -0.2) is 0 Å². The van der Waals surface area contributed by atoms with Gasteiger partial charge in [-0.1, -0.05) is 60.2 Å². The number of carbonyl (C=O) groups is 2. The fourth-order valence-corrected chi connectivity index (χ4v) is 3.04. The molecule has 0 heterocycles. The van der Waals surface area contributed by atoms with Crippen LogP contribution in [0.2, 0.25) is 0 Å². The molecule has 4 heteroatoms. The number of aryl methyl sites for hydroxylation is 2. The molecule has 2 aromatic carbocycles. The van der Waals surface area contributed by atoms with Gasteiger partial charge in [0.2, 0.25) is 11.8 Å². The van der Waals surface area contributed by atoms with E-state index in [1.807, 2.05) is 44.2 Å². The Balaban J connectivity index is 2.03. The molecule has 0 aliphatic carbocycles. The molecule has 27 heavy (non-hydrogen) atoms. The van der Waals surface area contributed by atoms with Crippen molar-refractivity contribution in [2.75, 3.05) is 13.1 Å². The molecule has 144 valence electrons. The van der Waals surface area contributed by atoms with E-state index >= 15 is 0 Å². The molecule has 1 unspecified atom stereocenters. The van der Waals surface area contributed by atoms with Crippen molar-refractivity contribution in [2.24, 2.45) is 0 Å². The quantitative estimate of drug-likeness (QED) is 0.738. The zero-order chi connectivity index (χ0) is 19.6. The van der Waals surface area contributed by atoms with E-state index in [2.05, 4.69) is 29.6 Å². The highest BCUT2D eigenvalue weighted by molar-refractivity contribution is 5.87. The van der Waals surface area contributed by atoms with Crippen molar-refractivity contribution in [1.82, 2.24) is 10.2 Å². The third kappa shape index (κ3) is 6.55. The Morgan fingerprint density at radius 3 is 2.22 bits per heavy atom. The van der Waals surface area contributed by atoms with E-state index in [9.17, 15) is 9.59 Å². The molecule has 2 rings (SSSR count). The second-order valence-electron chi connectivity index (χ2n) is 6.88. The summed E-state index contributed by atoms with van der Waals surface area (Å²) in [6.07, 6.45) is 1.82. The van der Waals surface area contributed by atoms with E-state index in [1.165, 1.54) is 5.56 Å². The van der Waals surface area contributed by atoms with Crippen molar-refractivity contribution in [2.45, 2.75) is 46.1 Å². The summed E-state index contributed by atoms with van der Waals surface area (Å²) in [5, 5.41) is 2.83. The van der Waals surface area contributed by atoms with Crippen molar-refractivity contribution >= 4 is 11.8 Å². The Hall–Kier alpha value is -2.62. The maximum absolute atomic E-state index is 12.9. The van der Waals surface area contributed by atoms with Crippen molar-refractivity contribution in [3.8, 4) is 0 Å². The molecule has 0 saturated carbocycles. The van der Waals surface area contributed by atoms with E-state index < -0.39 is 6.04 Å². The summed E-state index contributed by atoms with van der Waals surface area (Å²) in [6.45, 7) is 6.84. The first-order valence-electron chi connectivity index (χ1n) is 9.68. The van der Waals surface area contributed by atoms with Gasteiger partial charge in [0.15, 0.2) is 0 Å². The van der Waals surface area contributed by atoms with Gasteiger partial charge < -0.3 is 10.2 Å². The lowest BCUT2D eigenvalue weighted by Gasteiger charge is -2.28. The molecule has 0 aromatic heterocycles. The zero-order valence-electron chi connectivity index (χ0n) is 16.6. The predicted octanol–water partition coefficient (Wildman–Crippen LogP) is 3.52. The maximum Gasteiger partial charge on any atom is 0.242 e. The van der Waals surface area contributed by atoms with E-state index in [0.717, 1.165) is 17.5 Å². The van der Waals surface area contributed by atoms with Crippen LogP contribution in [0.3, 0.4) is 0 Å². The average molecular weight is 367 g/mol. The van der Waals surface area contributed by atoms with E-state index in [0.29, 0.717) is 25.9 Å². The molecule has 0 aliphatic rings. The van der Waals surface area contributed by atoms with Gasteiger partial charge in [-0.3, -0.25) is 9.59 Å². The predicted molar refractivity (Wildman–Crippen MR) is 110 cm³/mol. The minimum absolute atomic E-state index is 0.0188. The summed E-state index contributed by atoms with van der Waals surface area (Å²) in [5.41, 5.74) is 3.51. The molecule has 1 N–H and O–H groups in total. The Labute approximate surface area is 162 Å². The highest BCUT2D eigenvalue weighted by atomic mass is 16.2. The molecule has 0 aliphatic heterocycles. The van der Waals surface area contributed by atoms with Crippen LogP contribution in [-0.2, 0) is 22.4 Å². The van der Waals surface area contributed by atoms with Crippen LogP contribution in [0.5, 0.6) is 0 Å². The van der Waals surface area contributed by atoms with Gasteiger partial charge in [-0.05, 0) is 44.7 Å². The monoisotopic (exact) mass is 366 g/mol. The van der Waals surface area contributed by atoms with Crippen molar-refractivity contribution in [3.05, 3.63) is 71.3 Å². The fourth-order valence-electron chi connectivity index (χ4n) is 3.04. The third-order valence-electron chi connectivity index (χ3n) is 4.75. The molecule has 2 amide bonds. The van der Waals surface area contributed by atoms with Crippen molar-refractivity contribution in [3.63, 3.8) is 0 Å². The van der Waals surface area contributed by atoms with E-state index in [1.54, 1.807) is 11.8 Å². The highest BCUT2D eigenvalue weighted by Gasteiger charge is 2.25. The van der Waals surface area contributed by atoms with Gasteiger partial charge in [0, 0.05) is 19.5 Å². The van der Waals surface area contributed by atoms with Gasteiger partial charge in [0.1, 0.15) is 6.04 Å². The summed E-state index contributed by atoms with van der Waals surface area (Å²) >= 11 is 0. The zero-order valence-corrected chi connectivity index (χ0v) is 16.6. The van der Waals surface area contributed by atoms with Crippen LogP contribution >= 0.6 is 0 Å². The minimum atomic E-state index is -0.473. The number of nitrogens with one attached hydrogen (secondary N) is 1. The molecule has 0 radical (unpaired) electrons. The first kappa shape index (κ1) is 20.7. The lowest BCUT2D eigenvalue weighted by Crippen LogP contribution is -2.48. The summed E-state index contributed by atoms with van der Waals surface area (Å²) in [7, 11) is 0. The summed E-state index contributed by atoms with van der Waals surface area (Å²) in [4.78, 5) is 26.9. The average Bonchev–Trinajstić information content (AvgIpc) is 2.68. The van der Waals surface area contributed by atoms with Gasteiger partial charge in [0.05, 0.1) is 0 Å². The number of nitrogens with zero attached hydrogens (tertiary/aromatic N) is 1. The Bertz CT molecular complexity index is 726. The number of carbonyl (C=O) groups excluding carboxylic acids is 2. The van der Waals surface area contributed by atoms with Gasteiger partial charge in [0.25, 0.3) is 0 Å². The number of likely N-dealkylation sites (N-methyl/N-ethyl adjacent to an activating group) is 1. The summed E-state index contributed by atoms with van der Waals surface area (Å²) in [5.74, 6) is -0.0838. The van der Waals surface area contributed by atoms with Crippen LogP contribution in [0.15, 0.2) is 54.6 Å². The molecular formula is C23H30N2O2. The first-order valence-corrected chi connectivity index (χ1v) is 9.68. The van der Waals surface area contributed by atoms with Crippen LogP contribution < -0.4 is 5.32 Å². The lowest BCUT2D eigenvalue weighted by molar-refractivity contribution is -0.139. The molecular weight excluding hydrogens is 336 g/mol. The van der Waals surface area contributed by atoms with Gasteiger partial charge in [-0.2, -0.15) is 0 Å². The Kier molecular flexibility index (Phi) is 8.05. The molecule has 2 aromatic rings. The molecule has 0 bridgehead atoms. The topological polar surface area (TPSA) is 49.4 Å². The smallest absolute Gasteiger partial charge is 0.242 e. The van der Waals surface area contributed by atoms with Crippen LogP contribution in [0, 0.1) is 6.92 Å². The summed E-state index contributed by atoms with van der Waals surface area (Å²) < 4.78 is 0. The fraction of sp³-hybridized carbons (Fsp3) is 0.391. The number of hydrogen-bond acceptors (Lipinski definition) is 2. The highest BCUT2D eigenvalue weighted by Crippen LogP contribution is 2.11. The second kappa shape index (κ2) is 10.5. The normalized spacial score (nSPS) is 11.7. The SMILES string of the molecule is CCNC(=O)C(C)N(CCc1ccccc1)C(=O)CCc1ccc(C)cc1. The van der Waals surface area contributed by atoms with Gasteiger partial charge >= 0.3 is 0 Å². The molecule has 1 atom stereocenters. The summed E-state index contributed by atoms with van der Waals surface area (Å²) in [6, 6.07) is 17.8. The number of benzene rings is 2. The van der Waals surface area contributed by atoms with E-state index in [-0.39, 0.29) is 11.8 Å². The molecule has 4 nitrogen and oxygen atoms in total. The largest absolute Gasteiger partial charge is 0.355 e. The first-order chi connectivity index (χ1) is 13.0. The second-order valence-corrected chi connectivity index (χ2v) is 6.88. The molecule has 0 spiro atoms. The van der Waals surface area contributed by atoms with Crippen LogP contribution in [0.4, 0.5) is 0 Å². The third-order valence-corrected chi connectivity index (χ3v) is 4.75. The van der Waals surface area contributed by atoms with Crippen molar-refractivity contribution in [1.29, 1.82) is 0 Å². The Morgan fingerprint density at radius 2 is 1.59 bits per heavy atom.